The Kier molecular flexibility index (Phi) is 4.70. The minimum atomic E-state index is 0.0145. The predicted octanol–water partition coefficient (Wildman–Crippen LogP) is 4.10. The highest BCUT2D eigenvalue weighted by molar-refractivity contribution is 7.17. The summed E-state index contributed by atoms with van der Waals surface area (Å²) in [6.07, 6.45) is 7.59. The van der Waals surface area contributed by atoms with E-state index in [1.807, 2.05) is 11.1 Å². The highest BCUT2D eigenvalue weighted by atomic mass is 32.1. The molecule has 1 aromatic carbocycles. The molecule has 4 rings (SSSR count). The van der Waals surface area contributed by atoms with Gasteiger partial charge in [0.25, 0.3) is 0 Å². The molecule has 1 unspecified atom stereocenters. The van der Waals surface area contributed by atoms with Gasteiger partial charge >= 0.3 is 6.03 Å². The van der Waals surface area contributed by atoms with E-state index < -0.39 is 0 Å². The van der Waals surface area contributed by atoms with Crippen LogP contribution in [0.5, 0.6) is 0 Å². The molecule has 2 N–H and O–H groups in total. The Balaban J connectivity index is 1.38. The monoisotopic (exact) mass is 354 g/mol. The van der Waals surface area contributed by atoms with Crippen LogP contribution in [-0.4, -0.2) is 34.0 Å². The molecular weight excluding hydrogens is 332 g/mol. The van der Waals surface area contributed by atoms with Crippen molar-refractivity contribution in [3.63, 3.8) is 0 Å². The van der Waals surface area contributed by atoms with Gasteiger partial charge in [-0.1, -0.05) is 18.2 Å². The fraction of sp³-hybridized carbons (Fsp3) is 0.368. The standard InChI is InChI=1S/C19H22N4OS/c24-19(23-12-4-3-6-16(23)18-20-10-11-21-18)22-9-8-14-13-25-17-7-2-1-5-15(14)17/h1-2,5,7,10-11,13,16H,3-4,6,8-9,12H2,(H,20,21)(H,22,24). The van der Waals surface area contributed by atoms with Crippen LogP contribution in [0.3, 0.4) is 0 Å². The molecule has 25 heavy (non-hydrogen) atoms. The molecular formula is C19H22N4OS. The molecule has 130 valence electrons. The second-order valence-corrected chi connectivity index (χ2v) is 7.33. The topological polar surface area (TPSA) is 61.0 Å². The van der Waals surface area contributed by atoms with Gasteiger partial charge in [-0.15, -0.1) is 11.3 Å². The summed E-state index contributed by atoms with van der Waals surface area (Å²) in [5, 5.41) is 6.59. The Morgan fingerprint density at radius 3 is 3.16 bits per heavy atom. The number of rotatable bonds is 4. The predicted molar refractivity (Wildman–Crippen MR) is 101 cm³/mol. The average Bonchev–Trinajstić information content (AvgIpc) is 3.32. The van der Waals surface area contributed by atoms with E-state index in [9.17, 15) is 4.79 Å². The molecule has 0 radical (unpaired) electrons. The number of likely N-dealkylation sites (tertiary alicyclic amines) is 1. The number of carbonyl (C=O) groups is 1. The molecule has 0 saturated carbocycles. The number of carbonyl (C=O) groups excluding carboxylic acids is 1. The van der Waals surface area contributed by atoms with Gasteiger partial charge in [-0.3, -0.25) is 0 Å². The number of imidazole rings is 1. The smallest absolute Gasteiger partial charge is 0.318 e. The summed E-state index contributed by atoms with van der Waals surface area (Å²) in [6, 6.07) is 8.50. The van der Waals surface area contributed by atoms with Gasteiger partial charge in [-0.25, -0.2) is 9.78 Å². The molecule has 0 aliphatic carbocycles. The van der Waals surface area contributed by atoms with Gasteiger partial charge < -0.3 is 15.2 Å². The minimum Gasteiger partial charge on any atom is -0.347 e. The van der Waals surface area contributed by atoms with E-state index in [2.05, 4.69) is 44.9 Å². The van der Waals surface area contributed by atoms with E-state index in [0.717, 1.165) is 38.1 Å². The summed E-state index contributed by atoms with van der Waals surface area (Å²) in [5.74, 6) is 0.888. The van der Waals surface area contributed by atoms with Crippen molar-refractivity contribution in [2.75, 3.05) is 13.1 Å². The molecule has 3 heterocycles. The molecule has 0 spiro atoms. The fourth-order valence-corrected chi connectivity index (χ4v) is 4.55. The highest BCUT2D eigenvalue weighted by Gasteiger charge is 2.29. The van der Waals surface area contributed by atoms with Crippen LogP contribution in [0, 0.1) is 0 Å². The molecule has 3 aromatic rings. The first-order valence-electron chi connectivity index (χ1n) is 8.82. The number of aromatic nitrogens is 2. The summed E-state index contributed by atoms with van der Waals surface area (Å²) in [4.78, 5) is 22.1. The number of amides is 2. The SMILES string of the molecule is O=C(NCCc1csc2ccccc12)N1CCCCC1c1ncc[nH]1. The number of fused-ring (bicyclic) bond motifs is 1. The van der Waals surface area contributed by atoms with Gasteiger partial charge in [-0.05, 0) is 48.1 Å². The molecule has 2 amide bonds. The summed E-state index contributed by atoms with van der Waals surface area (Å²) in [6.45, 7) is 1.44. The van der Waals surface area contributed by atoms with E-state index in [1.54, 1.807) is 17.5 Å². The van der Waals surface area contributed by atoms with Crippen LogP contribution in [-0.2, 0) is 6.42 Å². The summed E-state index contributed by atoms with van der Waals surface area (Å²) in [5.41, 5.74) is 1.31. The third kappa shape index (κ3) is 3.39. The van der Waals surface area contributed by atoms with Crippen molar-refractivity contribution in [2.24, 2.45) is 0 Å². The zero-order valence-electron chi connectivity index (χ0n) is 14.1. The lowest BCUT2D eigenvalue weighted by Crippen LogP contribution is -2.45. The normalized spacial score (nSPS) is 17.8. The fourth-order valence-electron chi connectivity index (χ4n) is 3.55. The van der Waals surface area contributed by atoms with Crippen molar-refractivity contribution in [3.05, 3.63) is 53.4 Å². The first-order valence-corrected chi connectivity index (χ1v) is 9.70. The molecule has 1 fully saturated rings. The highest BCUT2D eigenvalue weighted by Crippen LogP contribution is 2.29. The van der Waals surface area contributed by atoms with E-state index >= 15 is 0 Å². The van der Waals surface area contributed by atoms with Gasteiger partial charge in [0.1, 0.15) is 5.82 Å². The maximum atomic E-state index is 12.7. The third-order valence-electron chi connectivity index (χ3n) is 4.83. The van der Waals surface area contributed by atoms with Crippen molar-refractivity contribution in [1.29, 1.82) is 0 Å². The molecule has 5 nitrogen and oxygen atoms in total. The molecule has 2 aromatic heterocycles. The first kappa shape index (κ1) is 16.1. The van der Waals surface area contributed by atoms with E-state index in [1.165, 1.54) is 15.6 Å². The minimum absolute atomic E-state index is 0.0145. The number of piperidine rings is 1. The zero-order chi connectivity index (χ0) is 17.1. The van der Waals surface area contributed by atoms with Crippen LogP contribution in [0.2, 0.25) is 0 Å². The van der Waals surface area contributed by atoms with Crippen molar-refractivity contribution in [2.45, 2.75) is 31.7 Å². The van der Waals surface area contributed by atoms with Crippen LogP contribution in [0.25, 0.3) is 10.1 Å². The van der Waals surface area contributed by atoms with Crippen LogP contribution < -0.4 is 5.32 Å². The maximum Gasteiger partial charge on any atom is 0.318 e. The Hall–Kier alpha value is -2.34. The number of hydrogen-bond acceptors (Lipinski definition) is 3. The second-order valence-electron chi connectivity index (χ2n) is 6.42. The molecule has 0 bridgehead atoms. The molecule has 1 atom stereocenters. The van der Waals surface area contributed by atoms with Crippen LogP contribution in [0.1, 0.15) is 36.7 Å². The Bertz CT molecular complexity index is 842. The zero-order valence-corrected chi connectivity index (χ0v) is 14.9. The van der Waals surface area contributed by atoms with Crippen molar-refractivity contribution < 1.29 is 4.79 Å². The number of thiophene rings is 1. The maximum absolute atomic E-state index is 12.7. The van der Waals surface area contributed by atoms with Crippen LogP contribution in [0.15, 0.2) is 42.0 Å². The molecule has 6 heteroatoms. The quantitative estimate of drug-likeness (QED) is 0.741. The second kappa shape index (κ2) is 7.27. The molecule has 1 aliphatic heterocycles. The van der Waals surface area contributed by atoms with Crippen LogP contribution >= 0.6 is 11.3 Å². The average molecular weight is 354 g/mol. The lowest BCUT2D eigenvalue weighted by molar-refractivity contribution is 0.148. The molecule has 1 aliphatic rings. The Labute approximate surface area is 151 Å². The van der Waals surface area contributed by atoms with Crippen LogP contribution in [0.4, 0.5) is 4.79 Å². The van der Waals surface area contributed by atoms with Gasteiger partial charge in [0, 0.05) is 30.2 Å². The van der Waals surface area contributed by atoms with Crippen molar-refractivity contribution in [1.82, 2.24) is 20.2 Å². The van der Waals surface area contributed by atoms with Gasteiger partial charge in [0.15, 0.2) is 0 Å². The Morgan fingerprint density at radius 2 is 2.28 bits per heavy atom. The number of urea groups is 1. The largest absolute Gasteiger partial charge is 0.347 e. The lowest BCUT2D eigenvalue weighted by atomic mass is 10.0. The number of H-pyrrole nitrogens is 1. The van der Waals surface area contributed by atoms with Crippen molar-refractivity contribution in [3.8, 4) is 0 Å². The lowest BCUT2D eigenvalue weighted by Gasteiger charge is -2.34. The number of benzene rings is 1. The van der Waals surface area contributed by atoms with E-state index in [0.29, 0.717) is 6.54 Å². The van der Waals surface area contributed by atoms with Crippen molar-refractivity contribution >= 4 is 27.5 Å². The Morgan fingerprint density at radius 1 is 1.36 bits per heavy atom. The van der Waals surface area contributed by atoms with Gasteiger partial charge in [0.05, 0.1) is 6.04 Å². The molecule has 1 saturated heterocycles. The first-order chi connectivity index (χ1) is 12.3. The summed E-state index contributed by atoms with van der Waals surface area (Å²) >= 11 is 1.76. The number of aromatic amines is 1. The number of nitrogens with one attached hydrogen (secondary N) is 2. The number of nitrogens with zero attached hydrogens (tertiary/aromatic N) is 2. The van der Waals surface area contributed by atoms with E-state index in [-0.39, 0.29) is 12.1 Å². The van der Waals surface area contributed by atoms with E-state index in [4.69, 9.17) is 0 Å². The summed E-state index contributed by atoms with van der Waals surface area (Å²) in [7, 11) is 0. The third-order valence-corrected chi connectivity index (χ3v) is 5.84. The van der Waals surface area contributed by atoms with Gasteiger partial charge in [-0.2, -0.15) is 0 Å². The summed E-state index contributed by atoms with van der Waals surface area (Å²) < 4.78 is 1.30. The van der Waals surface area contributed by atoms with Gasteiger partial charge in [0.2, 0.25) is 0 Å². The number of hydrogen-bond donors (Lipinski definition) is 2.